The van der Waals surface area contributed by atoms with Crippen molar-refractivity contribution in [2.45, 2.75) is 25.4 Å². The first-order chi connectivity index (χ1) is 7.13. The second-order valence-electron chi connectivity index (χ2n) is 2.37. The lowest BCUT2D eigenvalue weighted by Crippen LogP contribution is -2.32. The third-order valence-electron chi connectivity index (χ3n) is 1.69. The molecule has 0 aromatic rings. The van der Waals surface area contributed by atoms with Crippen molar-refractivity contribution in [2.24, 2.45) is 5.92 Å². The average Bonchev–Trinajstić information content (AvgIpc) is 2.41. The van der Waals surface area contributed by atoms with Gasteiger partial charge in [-0.25, -0.2) is 4.39 Å². The summed E-state index contributed by atoms with van der Waals surface area (Å²) < 4.78 is 49.2. The molecular formula is C7H12FNO2. The van der Waals surface area contributed by atoms with Gasteiger partial charge in [-0.2, -0.15) is 0 Å². The van der Waals surface area contributed by atoms with E-state index in [1.165, 1.54) is 0 Å². The van der Waals surface area contributed by atoms with Crippen LogP contribution in [0.4, 0.5) is 4.39 Å². The third kappa shape index (κ3) is 1.35. The van der Waals surface area contributed by atoms with E-state index >= 15 is 0 Å². The van der Waals surface area contributed by atoms with E-state index in [9.17, 15) is 9.18 Å². The molecule has 4 heteroatoms. The van der Waals surface area contributed by atoms with Gasteiger partial charge in [-0.05, 0) is 6.37 Å². The normalized spacial score (nSPS) is 46.5. The Bertz CT molecular complexity index is 295. The fourth-order valence-electron chi connectivity index (χ4n) is 1.05. The molecule has 0 bridgehead atoms. The van der Waals surface area contributed by atoms with Crippen LogP contribution >= 0.6 is 0 Å². The van der Waals surface area contributed by atoms with Gasteiger partial charge in [0, 0.05) is 12.8 Å². The van der Waals surface area contributed by atoms with Gasteiger partial charge in [0.05, 0.1) is 12.6 Å². The Morgan fingerprint density at radius 2 is 2.73 bits per heavy atom. The molecule has 2 N–H and O–H groups in total. The number of amides is 1. The Kier molecular flexibility index (Phi) is 1.11. The first kappa shape index (κ1) is 3.85. The molecule has 0 spiro atoms. The standard InChI is InChI=1S/C7H12FNO2/c1-2-4-5(3-10)9-7(11)6(4)8/h4-6,10H,2-3H2,1H3,(H,9,11)/t4-,5+,6-/m0/s1/i1D3,2D2. The molecule has 1 rings (SSSR count). The summed E-state index contributed by atoms with van der Waals surface area (Å²) in [5.41, 5.74) is 0. The van der Waals surface area contributed by atoms with E-state index in [0.717, 1.165) is 0 Å². The molecule has 1 aliphatic rings. The van der Waals surface area contributed by atoms with Gasteiger partial charge in [-0.1, -0.05) is 6.85 Å². The van der Waals surface area contributed by atoms with Crippen LogP contribution in [0.15, 0.2) is 0 Å². The number of rotatable bonds is 2. The van der Waals surface area contributed by atoms with Crippen LogP contribution in [0.1, 0.15) is 20.1 Å². The molecule has 0 radical (unpaired) electrons. The maximum absolute atomic E-state index is 13.4. The minimum atomic E-state index is -3.05. The first-order valence-electron chi connectivity index (χ1n) is 5.68. The Hall–Kier alpha value is -0.640. The topological polar surface area (TPSA) is 49.3 Å². The van der Waals surface area contributed by atoms with E-state index in [1.807, 2.05) is 5.32 Å². The van der Waals surface area contributed by atoms with Gasteiger partial charge >= 0.3 is 0 Å². The number of carbonyl (C=O) groups is 1. The summed E-state index contributed by atoms with van der Waals surface area (Å²) in [5, 5.41) is 10.9. The summed E-state index contributed by atoms with van der Waals surface area (Å²) in [7, 11) is 0. The Morgan fingerprint density at radius 1 is 2.00 bits per heavy atom. The van der Waals surface area contributed by atoms with E-state index in [1.54, 1.807) is 0 Å². The van der Waals surface area contributed by atoms with Crippen LogP contribution in [-0.2, 0) is 4.79 Å². The van der Waals surface area contributed by atoms with Crippen molar-refractivity contribution in [2.75, 3.05) is 6.61 Å². The third-order valence-corrected chi connectivity index (χ3v) is 1.69. The van der Waals surface area contributed by atoms with Gasteiger partial charge in [0.1, 0.15) is 0 Å². The highest BCUT2D eigenvalue weighted by Gasteiger charge is 2.40. The second-order valence-corrected chi connectivity index (χ2v) is 2.37. The molecule has 0 aromatic heterocycles. The SMILES string of the molecule is [2H]C([2H])([2H])C([2H])([2H])[C@@H]1[C@H](F)C(=O)N[C@@H]1CO. The van der Waals surface area contributed by atoms with Crippen LogP contribution in [0.5, 0.6) is 0 Å². The van der Waals surface area contributed by atoms with Crippen molar-refractivity contribution in [3.05, 3.63) is 0 Å². The lowest BCUT2D eigenvalue weighted by atomic mass is 9.97. The molecule has 64 valence electrons. The zero-order valence-corrected chi connectivity index (χ0v) is 5.67. The molecule has 0 unspecified atom stereocenters. The predicted molar refractivity (Wildman–Crippen MR) is 37.7 cm³/mol. The van der Waals surface area contributed by atoms with Gasteiger partial charge in [-0.3, -0.25) is 4.79 Å². The largest absolute Gasteiger partial charge is 0.394 e. The predicted octanol–water partition coefficient (Wildman–Crippen LogP) is -0.159. The Morgan fingerprint density at radius 3 is 3.27 bits per heavy atom. The van der Waals surface area contributed by atoms with Crippen molar-refractivity contribution in [1.29, 1.82) is 0 Å². The van der Waals surface area contributed by atoms with Crippen LogP contribution in [0.3, 0.4) is 0 Å². The minimum absolute atomic E-state index is 0.702. The quantitative estimate of drug-likeness (QED) is 0.599. The monoisotopic (exact) mass is 166 g/mol. The Labute approximate surface area is 71.6 Å². The highest BCUT2D eigenvalue weighted by molar-refractivity contribution is 5.83. The highest BCUT2D eigenvalue weighted by atomic mass is 19.1. The van der Waals surface area contributed by atoms with Crippen LogP contribution < -0.4 is 5.32 Å². The number of aliphatic hydroxyl groups excluding tert-OH is 1. The molecule has 0 aliphatic carbocycles. The molecule has 1 aliphatic heterocycles. The van der Waals surface area contributed by atoms with E-state index < -0.39 is 43.9 Å². The van der Waals surface area contributed by atoms with E-state index in [2.05, 4.69) is 0 Å². The molecule has 1 fully saturated rings. The fourth-order valence-corrected chi connectivity index (χ4v) is 1.05. The molecule has 3 nitrogen and oxygen atoms in total. The molecule has 3 atom stereocenters. The molecular weight excluding hydrogens is 149 g/mol. The van der Waals surface area contributed by atoms with Crippen LogP contribution in [0.2, 0.25) is 0 Å². The molecule has 0 aromatic carbocycles. The van der Waals surface area contributed by atoms with Crippen LogP contribution in [-0.4, -0.2) is 29.8 Å². The van der Waals surface area contributed by atoms with Gasteiger partial charge in [0.15, 0.2) is 6.17 Å². The van der Waals surface area contributed by atoms with Crippen molar-refractivity contribution in [3.63, 3.8) is 0 Å². The lowest BCUT2D eigenvalue weighted by Gasteiger charge is -2.14. The average molecular weight is 166 g/mol. The Balaban J connectivity index is 3.06. The van der Waals surface area contributed by atoms with Crippen LogP contribution in [0, 0.1) is 5.92 Å². The first-order valence-corrected chi connectivity index (χ1v) is 3.18. The fraction of sp³-hybridized carbons (Fsp3) is 0.857. The van der Waals surface area contributed by atoms with Gasteiger partial charge in [0.2, 0.25) is 0 Å². The second kappa shape index (κ2) is 3.17. The maximum Gasteiger partial charge on any atom is 0.255 e. The van der Waals surface area contributed by atoms with Crippen molar-refractivity contribution >= 4 is 5.91 Å². The van der Waals surface area contributed by atoms with Crippen molar-refractivity contribution < 1.29 is 21.1 Å². The molecule has 1 amide bonds. The summed E-state index contributed by atoms with van der Waals surface area (Å²) in [6.07, 6.45) is -5.13. The van der Waals surface area contributed by atoms with Gasteiger partial charge in [-0.15, -0.1) is 0 Å². The number of carbonyl (C=O) groups excluding carboxylic acids is 1. The molecule has 1 saturated heterocycles. The highest BCUT2D eigenvalue weighted by Crippen LogP contribution is 2.22. The summed E-state index contributed by atoms with van der Waals surface area (Å²) in [4.78, 5) is 11.0. The zero-order chi connectivity index (χ0) is 12.7. The van der Waals surface area contributed by atoms with Crippen molar-refractivity contribution in [1.82, 2.24) is 5.32 Å². The number of aliphatic hydroxyl groups is 1. The van der Waals surface area contributed by atoms with E-state index in [0.29, 0.717) is 0 Å². The van der Waals surface area contributed by atoms with Gasteiger partial charge < -0.3 is 10.4 Å². The summed E-state index contributed by atoms with van der Waals surface area (Å²) in [6, 6.07) is -1.21. The molecule has 1 heterocycles. The number of alkyl halides is 1. The van der Waals surface area contributed by atoms with Crippen molar-refractivity contribution in [3.8, 4) is 0 Å². The molecule has 0 saturated carbocycles. The van der Waals surface area contributed by atoms with Gasteiger partial charge in [0.25, 0.3) is 5.91 Å². The number of hydrogen-bond donors (Lipinski definition) is 2. The maximum atomic E-state index is 13.4. The number of nitrogens with one attached hydrogen (secondary N) is 1. The minimum Gasteiger partial charge on any atom is -0.394 e. The summed E-state index contributed by atoms with van der Waals surface area (Å²) in [6.45, 7) is -3.76. The lowest BCUT2D eigenvalue weighted by molar-refractivity contribution is -0.123. The summed E-state index contributed by atoms with van der Waals surface area (Å²) in [5.74, 6) is -2.80. The summed E-state index contributed by atoms with van der Waals surface area (Å²) >= 11 is 0. The zero-order valence-electron chi connectivity index (χ0n) is 10.7. The number of hydrogen-bond acceptors (Lipinski definition) is 2. The number of halogens is 1. The molecule has 11 heavy (non-hydrogen) atoms. The smallest absolute Gasteiger partial charge is 0.255 e. The van der Waals surface area contributed by atoms with E-state index in [-0.39, 0.29) is 0 Å². The van der Waals surface area contributed by atoms with Crippen LogP contribution in [0.25, 0.3) is 0 Å². The van der Waals surface area contributed by atoms with E-state index in [4.69, 9.17) is 12.0 Å².